The number of hydrogen-bond donors (Lipinski definition) is 1. The lowest BCUT2D eigenvalue weighted by Gasteiger charge is -2.08. The SMILES string of the molecule is CCOc1ccc(NC(=O)COC(=O)c2ccc3c(c2)CCC3)cc1. The summed E-state index contributed by atoms with van der Waals surface area (Å²) >= 11 is 0. The van der Waals surface area contributed by atoms with Gasteiger partial charge in [-0.15, -0.1) is 0 Å². The smallest absolute Gasteiger partial charge is 0.338 e. The summed E-state index contributed by atoms with van der Waals surface area (Å²) < 4.78 is 10.5. The van der Waals surface area contributed by atoms with Gasteiger partial charge < -0.3 is 14.8 Å². The van der Waals surface area contributed by atoms with Crippen molar-refractivity contribution in [2.45, 2.75) is 26.2 Å². The Morgan fingerprint density at radius 1 is 1.04 bits per heavy atom. The summed E-state index contributed by atoms with van der Waals surface area (Å²) in [5.74, 6) is -0.112. The van der Waals surface area contributed by atoms with E-state index in [9.17, 15) is 9.59 Å². The number of rotatable bonds is 6. The molecule has 0 fully saturated rings. The molecule has 2 aromatic rings. The highest BCUT2D eigenvalue weighted by Gasteiger charge is 2.15. The number of ether oxygens (including phenoxy) is 2. The molecule has 3 rings (SSSR count). The predicted molar refractivity (Wildman–Crippen MR) is 95.0 cm³/mol. The maximum Gasteiger partial charge on any atom is 0.338 e. The minimum absolute atomic E-state index is 0.316. The number of amides is 1. The van der Waals surface area contributed by atoms with Crippen LogP contribution in [0.1, 0.15) is 34.8 Å². The van der Waals surface area contributed by atoms with Crippen LogP contribution in [0, 0.1) is 0 Å². The van der Waals surface area contributed by atoms with Crippen molar-refractivity contribution < 1.29 is 19.1 Å². The number of aryl methyl sites for hydroxylation is 2. The van der Waals surface area contributed by atoms with E-state index in [4.69, 9.17) is 9.47 Å². The molecule has 1 aliphatic carbocycles. The van der Waals surface area contributed by atoms with Crippen LogP contribution < -0.4 is 10.1 Å². The highest BCUT2D eigenvalue weighted by Crippen LogP contribution is 2.23. The number of carbonyl (C=O) groups is 2. The van der Waals surface area contributed by atoms with E-state index in [0.29, 0.717) is 17.9 Å². The maximum absolute atomic E-state index is 12.1. The Morgan fingerprint density at radius 2 is 1.80 bits per heavy atom. The molecule has 1 amide bonds. The number of nitrogens with one attached hydrogen (secondary N) is 1. The van der Waals surface area contributed by atoms with E-state index in [2.05, 4.69) is 5.32 Å². The monoisotopic (exact) mass is 339 g/mol. The summed E-state index contributed by atoms with van der Waals surface area (Å²) in [7, 11) is 0. The van der Waals surface area contributed by atoms with E-state index in [1.54, 1.807) is 30.3 Å². The lowest BCUT2D eigenvalue weighted by molar-refractivity contribution is -0.119. The van der Waals surface area contributed by atoms with Gasteiger partial charge in [-0.3, -0.25) is 4.79 Å². The molecule has 0 radical (unpaired) electrons. The van der Waals surface area contributed by atoms with Crippen molar-refractivity contribution in [3.05, 3.63) is 59.2 Å². The molecule has 5 heteroatoms. The van der Waals surface area contributed by atoms with Crippen LogP contribution in [0.5, 0.6) is 5.75 Å². The molecule has 2 aromatic carbocycles. The molecular weight excluding hydrogens is 318 g/mol. The third-order valence-corrected chi connectivity index (χ3v) is 4.12. The number of anilines is 1. The molecule has 0 atom stereocenters. The van der Waals surface area contributed by atoms with Gasteiger partial charge in [0.25, 0.3) is 5.91 Å². The Kier molecular flexibility index (Phi) is 5.33. The maximum atomic E-state index is 12.1. The standard InChI is InChI=1S/C20H21NO4/c1-2-24-18-10-8-17(9-11-18)21-19(22)13-25-20(23)16-7-6-14-4-3-5-15(14)12-16/h6-12H,2-5,13H2,1H3,(H,21,22). The Bertz CT molecular complexity index is 768. The molecule has 0 spiro atoms. The summed E-state index contributed by atoms with van der Waals surface area (Å²) in [6.07, 6.45) is 3.18. The number of esters is 1. The fourth-order valence-corrected chi connectivity index (χ4v) is 2.91. The molecule has 1 N–H and O–H groups in total. The highest BCUT2D eigenvalue weighted by molar-refractivity contribution is 5.95. The first-order chi connectivity index (χ1) is 12.2. The third kappa shape index (κ3) is 4.38. The molecular formula is C20H21NO4. The van der Waals surface area contributed by atoms with Crippen molar-refractivity contribution in [2.75, 3.05) is 18.5 Å². The molecule has 0 aromatic heterocycles. The van der Waals surface area contributed by atoms with Crippen molar-refractivity contribution in [3.8, 4) is 5.75 Å². The third-order valence-electron chi connectivity index (χ3n) is 4.12. The van der Waals surface area contributed by atoms with Crippen LogP contribution in [0.25, 0.3) is 0 Å². The van der Waals surface area contributed by atoms with Crippen molar-refractivity contribution in [1.82, 2.24) is 0 Å². The summed E-state index contributed by atoms with van der Waals surface area (Å²) in [5, 5.41) is 2.69. The van der Waals surface area contributed by atoms with Crippen LogP contribution in [-0.4, -0.2) is 25.1 Å². The van der Waals surface area contributed by atoms with Gasteiger partial charge in [0.05, 0.1) is 12.2 Å². The zero-order valence-electron chi connectivity index (χ0n) is 14.2. The summed E-state index contributed by atoms with van der Waals surface area (Å²) in [6, 6.07) is 12.6. The average Bonchev–Trinajstić information content (AvgIpc) is 3.09. The van der Waals surface area contributed by atoms with E-state index < -0.39 is 5.97 Å². The van der Waals surface area contributed by atoms with E-state index in [0.717, 1.165) is 25.0 Å². The van der Waals surface area contributed by atoms with Gasteiger partial charge in [-0.2, -0.15) is 0 Å². The first kappa shape index (κ1) is 17.0. The van der Waals surface area contributed by atoms with E-state index in [1.807, 2.05) is 19.1 Å². The van der Waals surface area contributed by atoms with Gasteiger partial charge in [-0.1, -0.05) is 6.07 Å². The summed E-state index contributed by atoms with van der Waals surface area (Å²) in [6.45, 7) is 2.18. The Balaban J connectivity index is 1.50. The Labute approximate surface area is 147 Å². The number of benzene rings is 2. The molecule has 0 saturated heterocycles. The molecule has 0 unspecified atom stereocenters. The second kappa shape index (κ2) is 7.83. The Hall–Kier alpha value is -2.82. The van der Waals surface area contributed by atoms with Crippen LogP contribution in [0.4, 0.5) is 5.69 Å². The quantitative estimate of drug-likeness (QED) is 0.820. The lowest BCUT2D eigenvalue weighted by Crippen LogP contribution is -2.21. The van der Waals surface area contributed by atoms with Gasteiger partial charge in [0.2, 0.25) is 0 Å². The zero-order valence-corrected chi connectivity index (χ0v) is 14.2. The first-order valence-electron chi connectivity index (χ1n) is 8.47. The van der Waals surface area contributed by atoms with E-state index in [1.165, 1.54) is 11.1 Å². The van der Waals surface area contributed by atoms with E-state index in [-0.39, 0.29) is 12.5 Å². The molecule has 1 aliphatic rings. The van der Waals surface area contributed by atoms with Crippen molar-refractivity contribution in [3.63, 3.8) is 0 Å². The van der Waals surface area contributed by atoms with Crippen LogP contribution in [0.2, 0.25) is 0 Å². The molecule has 0 saturated carbocycles. The second-order valence-corrected chi connectivity index (χ2v) is 5.92. The molecule has 0 aliphatic heterocycles. The van der Waals surface area contributed by atoms with Gasteiger partial charge in [-0.25, -0.2) is 4.79 Å². The molecule has 25 heavy (non-hydrogen) atoms. The number of fused-ring (bicyclic) bond motifs is 1. The van der Waals surface area contributed by atoms with Crippen LogP contribution in [0.3, 0.4) is 0 Å². The minimum Gasteiger partial charge on any atom is -0.494 e. The average molecular weight is 339 g/mol. The van der Waals surface area contributed by atoms with Gasteiger partial charge in [0.1, 0.15) is 5.75 Å². The fraction of sp³-hybridized carbons (Fsp3) is 0.300. The topological polar surface area (TPSA) is 64.6 Å². The molecule has 0 heterocycles. The molecule has 0 bridgehead atoms. The lowest BCUT2D eigenvalue weighted by atomic mass is 10.1. The summed E-state index contributed by atoms with van der Waals surface area (Å²) in [5.41, 5.74) is 3.62. The van der Waals surface area contributed by atoms with Gasteiger partial charge in [0.15, 0.2) is 6.61 Å². The minimum atomic E-state index is -0.475. The Morgan fingerprint density at radius 3 is 2.56 bits per heavy atom. The summed E-state index contributed by atoms with van der Waals surface area (Å²) in [4.78, 5) is 24.0. The van der Waals surface area contributed by atoms with E-state index >= 15 is 0 Å². The second-order valence-electron chi connectivity index (χ2n) is 5.92. The van der Waals surface area contributed by atoms with Crippen LogP contribution in [-0.2, 0) is 22.4 Å². The number of carbonyl (C=O) groups excluding carboxylic acids is 2. The zero-order chi connectivity index (χ0) is 17.6. The van der Waals surface area contributed by atoms with Crippen LogP contribution in [0.15, 0.2) is 42.5 Å². The molecule has 5 nitrogen and oxygen atoms in total. The highest BCUT2D eigenvalue weighted by atomic mass is 16.5. The first-order valence-corrected chi connectivity index (χ1v) is 8.47. The fourth-order valence-electron chi connectivity index (χ4n) is 2.91. The normalized spacial score (nSPS) is 12.4. The van der Waals surface area contributed by atoms with Gasteiger partial charge in [0, 0.05) is 5.69 Å². The van der Waals surface area contributed by atoms with Crippen molar-refractivity contribution in [1.29, 1.82) is 0 Å². The van der Waals surface area contributed by atoms with Crippen molar-refractivity contribution in [2.24, 2.45) is 0 Å². The van der Waals surface area contributed by atoms with Gasteiger partial charge >= 0.3 is 5.97 Å². The van der Waals surface area contributed by atoms with Crippen LogP contribution >= 0.6 is 0 Å². The molecule has 130 valence electrons. The largest absolute Gasteiger partial charge is 0.494 e. The predicted octanol–water partition coefficient (Wildman–Crippen LogP) is 3.37. The number of hydrogen-bond acceptors (Lipinski definition) is 4. The van der Waals surface area contributed by atoms with Crippen molar-refractivity contribution >= 4 is 17.6 Å². The van der Waals surface area contributed by atoms with Gasteiger partial charge in [-0.05, 0) is 73.7 Å².